The Morgan fingerprint density at radius 1 is 1.19 bits per heavy atom. The highest BCUT2D eigenvalue weighted by Gasteiger charge is 2.36. The fourth-order valence-corrected chi connectivity index (χ4v) is 3.73. The van der Waals surface area contributed by atoms with Gasteiger partial charge in [0.05, 0.1) is 0 Å². The van der Waals surface area contributed by atoms with Gasteiger partial charge in [0.1, 0.15) is 0 Å². The summed E-state index contributed by atoms with van der Waals surface area (Å²) in [5.41, 5.74) is 6.11. The van der Waals surface area contributed by atoms with Gasteiger partial charge in [0.25, 0.3) is 0 Å². The maximum Gasteiger partial charge on any atom is 0.0169 e. The lowest BCUT2D eigenvalue weighted by atomic mass is 9.70. The molecule has 2 nitrogen and oxygen atoms in total. The first-order valence-electron chi connectivity index (χ1n) is 6.85. The molecule has 0 aliphatic heterocycles. The summed E-state index contributed by atoms with van der Waals surface area (Å²) in [6.07, 6.45) is 8.25. The van der Waals surface area contributed by atoms with Crippen molar-refractivity contribution in [1.29, 1.82) is 0 Å². The molecule has 0 amide bonds. The second-order valence-electron chi connectivity index (χ2n) is 6.33. The summed E-state index contributed by atoms with van der Waals surface area (Å²) in [4.78, 5) is 2.44. The molecule has 1 aliphatic carbocycles. The van der Waals surface area contributed by atoms with E-state index in [9.17, 15) is 0 Å². The molecule has 0 saturated heterocycles. The van der Waals surface area contributed by atoms with Gasteiger partial charge in [-0.05, 0) is 51.2 Å². The van der Waals surface area contributed by atoms with Gasteiger partial charge in [0.2, 0.25) is 0 Å². The second-order valence-corrected chi connectivity index (χ2v) is 6.33. The fraction of sp³-hybridized carbons (Fsp3) is 1.00. The maximum absolute atomic E-state index is 5.76. The van der Waals surface area contributed by atoms with Crippen LogP contribution in [0.5, 0.6) is 0 Å². The Bertz CT molecular complexity index is 193. The Balaban J connectivity index is 2.72. The number of nitrogens with zero attached hydrogens (tertiary/aromatic N) is 1. The molecular weight excluding hydrogens is 196 g/mol. The van der Waals surface area contributed by atoms with Gasteiger partial charge < -0.3 is 10.6 Å². The summed E-state index contributed by atoms with van der Waals surface area (Å²) in [6.45, 7) is 5.59. The number of hydrogen-bond donors (Lipinski definition) is 1. The van der Waals surface area contributed by atoms with Crippen molar-refractivity contribution in [2.45, 2.75) is 58.4 Å². The van der Waals surface area contributed by atoms with E-state index in [-0.39, 0.29) is 0 Å². The largest absolute Gasteiger partial charge is 0.330 e. The van der Waals surface area contributed by atoms with Crippen LogP contribution in [0.3, 0.4) is 0 Å². The van der Waals surface area contributed by atoms with E-state index >= 15 is 0 Å². The molecule has 0 bridgehead atoms. The van der Waals surface area contributed by atoms with Gasteiger partial charge in [-0.2, -0.15) is 0 Å². The van der Waals surface area contributed by atoms with Crippen LogP contribution in [0.1, 0.15) is 52.4 Å². The molecule has 0 aromatic heterocycles. The average molecular weight is 226 g/mol. The van der Waals surface area contributed by atoms with Crippen molar-refractivity contribution in [3.8, 4) is 0 Å². The SMILES string of the molecule is CN(C)C(C1CCCCC1)C(C)(C)CCN. The van der Waals surface area contributed by atoms with Crippen molar-refractivity contribution in [2.24, 2.45) is 17.1 Å². The van der Waals surface area contributed by atoms with Crippen molar-refractivity contribution < 1.29 is 0 Å². The Morgan fingerprint density at radius 3 is 2.19 bits per heavy atom. The van der Waals surface area contributed by atoms with Crippen LogP contribution >= 0.6 is 0 Å². The molecule has 16 heavy (non-hydrogen) atoms. The highest BCUT2D eigenvalue weighted by Crippen LogP contribution is 2.38. The van der Waals surface area contributed by atoms with Gasteiger partial charge in [-0.15, -0.1) is 0 Å². The average Bonchev–Trinajstić information content (AvgIpc) is 2.17. The van der Waals surface area contributed by atoms with Crippen molar-refractivity contribution in [1.82, 2.24) is 4.90 Å². The lowest BCUT2D eigenvalue weighted by Gasteiger charge is -2.45. The van der Waals surface area contributed by atoms with Crippen LogP contribution in [0, 0.1) is 11.3 Å². The molecule has 0 aromatic rings. The summed E-state index contributed by atoms with van der Waals surface area (Å²) in [7, 11) is 4.47. The number of rotatable bonds is 5. The molecule has 1 aliphatic rings. The summed E-state index contributed by atoms with van der Waals surface area (Å²) < 4.78 is 0. The minimum absolute atomic E-state index is 0.347. The Morgan fingerprint density at radius 2 is 1.75 bits per heavy atom. The Kier molecular flexibility index (Phi) is 5.26. The third-order valence-corrected chi connectivity index (χ3v) is 4.24. The quantitative estimate of drug-likeness (QED) is 0.781. The predicted octanol–water partition coefficient (Wildman–Crippen LogP) is 2.87. The highest BCUT2D eigenvalue weighted by atomic mass is 15.1. The van der Waals surface area contributed by atoms with Crippen LogP contribution in [0.25, 0.3) is 0 Å². The molecular formula is C14H30N2. The smallest absolute Gasteiger partial charge is 0.0169 e. The maximum atomic E-state index is 5.76. The Hall–Kier alpha value is -0.0800. The van der Waals surface area contributed by atoms with Crippen molar-refractivity contribution >= 4 is 0 Å². The van der Waals surface area contributed by atoms with Crippen LogP contribution < -0.4 is 5.73 Å². The number of nitrogens with two attached hydrogens (primary N) is 1. The minimum atomic E-state index is 0.347. The van der Waals surface area contributed by atoms with Gasteiger partial charge in [-0.25, -0.2) is 0 Å². The summed E-state index contributed by atoms with van der Waals surface area (Å²) >= 11 is 0. The first-order chi connectivity index (χ1) is 7.49. The third-order valence-electron chi connectivity index (χ3n) is 4.24. The fourth-order valence-electron chi connectivity index (χ4n) is 3.73. The third kappa shape index (κ3) is 3.46. The van der Waals surface area contributed by atoms with Crippen LogP contribution in [-0.2, 0) is 0 Å². The zero-order valence-corrected chi connectivity index (χ0v) is 11.6. The van der Waals surface area contributed by atoms with E-state index in [1.54, 1.807) is 0 Å². The van der Waals surface area contributed by atoms with Gasteiger partial charge in [0.15, 0.2) is 0 Å². The second kappa shape index (κ2) is 6.02. The van der Waals surface area contributed by atoms with Crippen molar-refractivity contribution in [3.05, 3.63) is 0 Å². The molecule has 96 valence electrons. The van der Waals surface area contributed by atoms with E-state index in [4.69, 9.17) is 5.73 Å². The molecule has 1 saturated carbocycles. The molecule has 0 radical (unpaired) electrons. The predicted molar refractivity (Wildman–Crippen MR) is 71.5 cm³/mol. The first-order valence-corrected chi connectivity index (χ1v) is 6.85. The summed E-state index contributed by atoms with van der Waals surface area (Å²) in [6, 6.07) is 0.691. The van der Waals surface area contributed by atoms with E-state index in [2.05, 4.69) is 32.8 Å². The monoisotopic (exact) mass is 226 g/mol. The van der Waals surface area contributed by atoms with E-state index < -0.39 is 0 Å². The Labute approximate surface area is 102 Å². The molecule has 0 spiro atoms. The van der Waals surface area contributed by atoms with Crippen molar-refractivity contribution in [2.75, 3.05) is 20.6 Å². The molecule has 0 aromatic carbocycles. The van der Waals surface area contributed by atoms with Gasteiger partial charge in [-0.1, -0.05) is 33.1 Å². The van der Waals surface area contributed by atoms with Crippen LogP contribution in [0.2, 0.25) is 0 Å². The molecule has 1 unspecified atom stereocenters. The van der Waals surface area contributed by atoms with Gasteiger partial charge >= 0.3 is 0 Å². The zero-order valence-electron chi connectivity index (χ0n) is 11.6. The molecule has 2 heteroatoms. The molecule has 1 rings (SSSR count). The molecule has 1 fully saturated rings. The molecule has 1 atom stereocenters. The normalized spacial score (nSPS) is 21.4. The van der Waals surface area contributed by atoms with E-state index in [0.717, 1.165) is 18.9 Å². The van der Waals surface area contributed by atoms with Crippen LogP contribution in [0.15, 0.2) is 0 Å². The van der Waals surface area contributed by atoms with Crippen LogP contribution in [-0.4, -0.2) is 31.6 Å². The minimum Gasteiger partial charge on any atom is -0.330 e. The first kappa shape index (κ1) is 14.0. The lowest BCUT2D eigenvalue weighted by Crippen LogP contribution is -2.47. The van der Waals surface area contributed by atoms with Gasteiger partial charge in [-0.3, -0.25) is 0 Å². The number of hydrogen-bond acceptors (Lipinski definition) is 2. The van der Waals surface area contributed by atoms with Crippen molar-refractivity contribution in [3.63, 3.8) is 0 Å². The van der Waals surface area contributed by atoms with Crippen LogP contribution in [0.4, 0.5) is 0 Å². The van der Waals surface area contributed by atoms with E-state index in [0.29, 0.717) is 11.5 Å². The zero-order chi connectivity index (χ0) is 12.2. The molecule has 2 N–H and O–H groups in total. The molecule has 0 heterocycles. The highest BCUT2D eigenvalue weighted by molar-refractivity contribution is 4.90. The standard InChI is InChI=1S/C14H30N2/c1-14(2,10-11-15)13(16(3)4)12-8-6-5-7-9-12/h12-13H,5-11,15H2,1-4H3. The van der Waals surface area contributed by atoms with E-state index in [1.165, 1.54) is 32.1 Å². The van der Waals surface area contributed by atoms with Gasteiger partial charge in [0, 0.05) is 6.04 Å². The lowest BCUT2D eigenvalue weighted by molar-refractivity contribution is 0.0562. The summed E-state index contributed by atoms with van der Waals surface area (Å²) in [5.74, 6) is 0.880. The summed E-state index contributed by atoms with van der Waals surface area (Å²) in [5, 5.41) is 0. The van der Waals surface area contributed by atoms with E-state index in [1.807, 2.05) is 0 Å². The topological polar surface area (TPSA) is 29.3 Å².